The predicted molar refractivity (Wildman–Crippen MR) is 89.7 cm³/mol. The van der Waals surface area contributed by atoms with Crippen molar-refractivity contribution in [2.24, 2.45) is 0 Å². The molecule has 0 spiro atoms. The van der Waals surface area contributed by atoms with Gasteiger partial charge in [0.1, 0.15) is 0 Å². The van der Waals surface area contributed by atoms with E-state index in [0.717, 1.165) is 43.9 Å². The topological polar surface area (TPSA) is 53.2 Å². The first kappa shape index (κ1) is 18.3. The van der Waals surface area contributed by atoms with Gasteiger partial charge in [0.25, 0.3) is 5.91 Å². The highest BCUT2D eigenvalue weighted by Crippen LogP contribution is 2.29. The molecule has 1 fully saturated rings. The van der Waals surface area contributed by atoms with Crippen molar-refractivity contribution in [3.63, 3.8) is 0 Å². The Kier molecular flexibility index (Phi) is 6.19. The number of alkyl halides is 3. The molecule has 1 aromatic rings. The van der Waals surface area contributed by atoms with E-state index in [0.29, 0.717) is 11.2 Å². The Labute approximate surface area is 143 Å². The third-order valence-electron chi connectivity index (χ3n) is 3.63. The summed E-state index contributed by atoms with van der Waals surface area (Å²) in [4.78, 5) is 11.7. The average Bonchev–Trinajstić information content (AvgIpc) is 3.03. The monoisotopic (exact) mass is 357 g/mol. The Hall–Kier alpha value is -2.09. The highest BCUT2D eigenvalue weighted by molar-refractivity contribution is 7.80. The Morgan fingerprint density at radius 2 is 1.92 bits per heavy atom. The van der Waals surface area contributed by atoms with Gasteiger partial charge < -0.3 is 5.32 Å². The number of rotatable bonds is 3. The van der Waals surface area contributed by atoms with Gasteiger partial charge in [0.05, 0.1) is 5.56 Å². The van der Waals surface area contributed by atoms with Crippen LogP contribution >= 0.6 is 12.2 Å². The Balaban J connectivity index is 1.81. The largest absolute Gasteiger partial charge is 0.416 e. The molecule has 0 atom stereocenters. The molecule has 0 radical (unpaired) electrons. The third kappa shape index (κ3) is 5.84. The molecule has 1 aliphatic carbocycles. The lowest BCUT2D eigenvalue weighted by Crippen LogP contribution is -2.48. The zero-order valence-corrected chi connectivity index (χ0v) is 13.6. The minimum absolute atomic E-state index is 0.284. The second-order valence-corrected chi connectivity index (χ2v) is 5.93. The summed E-state index contributed by atoms with van der Waals surface area (Å²) in [6.45, 7) is 0. The maximum atomic E-state index is 12.6. The summed E-state index contributed by atoms with van der Waals surface area (Å²) in [5, 5.41) is 3.41. The molecular formula is C16H18F3N3OS. The van der Waals surface area contributed by atoms with Gasteiger partial charge in [-0.1, -0.05) is 25.0 Å². The summed E-state index contributed by atoms with van der Waals surface area (Å²) < 4.78 is 37.8. The van der Waals surface area contributed by atoms with Crippen LogP contribution in [0.4, 0.5) is 13.2 Å². The number of hydrazine groups is 1. The second kappa shape index (κ2) is 8.14. The van der Waals surface area contributed by atoms with E-state index < -0.39 is 17.6 Å². The lowest BCUT2D eigenvalue weighted by Gasteiger charge is -2.15. The molecule has 130 valence electrons. The summed E-state index contributed by atoms with van der Waals surface area (Å²) >= 11 is 5.06. The number of carbonyl (C=O) groups is 1. The van der Waals surface area contributed by atoms with Crippen molar-refractivity contribution in [1.29, 1.82) is 0 Å². The van der Waals surface area contributed by atoms with Crippen molar-refractivity contribution in [1.82, 2.24) is 16.2 Å². The summed E-state index contributed by atoms with van der Waals surface area (Å²) in [6, 6.07) is 5.05. The Bertz CT molecular complexity index is 625. The number of nitrogens with one attached hydrogen (secondary N) is 3. The first-order valence-corrected chi connectivity index (χ1v) is 7.97. The molecule has 1 amide bonds. The fourth-order valence-corrected chi connectivity index (χ4v) is 2.66. The van der Waals surface area contributed by atoms with Crippen molar-refractivity contribution in [3.05, 3.63) is 41.5 Å². The van der Waals surface area contributed by atoms with Gasteiger partial charge in [0.15, 0.2) is 5.11 Å². The molecule has 4 nitrogen and oxygen atoms in total. The third-order valence-corrected chi connectivity index (χ3v) is 3.85. The number of halogens is 3. The van der Waals surface area contributed by atoms with Crippen LogP contribution in [0.3, 0.4) is 0 Å². The van der Waals surface area contributed by atoms with E-state index in [2.05, 4.69) is 16.2 Å². The van der Waals surface area contributed by atoms with Gasteiger partial charge in [0.2, 0.25) is 0 Å². The summed E-state index contributed by atoms with van der Waals surface area (Å²) in [7, 11) is 0. The molecule has 8 heteroatoms. The fraction of sp³-hybridized carbons (Fsp3) is 0.375. The van der Waals surface area contributed by atoms with Crippen molar-refractivity contribution in [2.75, 3.05) is 0 Å². The van der Waals surface area contributed by atoms with Crippen molar-refractivity contribution < 1.29 is 18.0 Å². The Morgan fingerprint density at radius 3 is 2.58 bits per heavy atom. The van der Waals surface area contributed by atoms with Crippen LogP contribution in [0.2, 0.25) is 0 Å². The van der Waals surface area contributed by atoms with Crippen molar-refractivity contribution in [2.45, 2.75) is 37.9 Å². The first-order chi connectivity index (χ1) is 11.3. The summed E-state index contributed by atoms with van der Waals surface area (Å²) in [5.41, 5.74) is 4.47. The molecule has 0 aliphatic heterocycles. The van der Waals surface area contributed by atoms with E-state index in [-0.39, 0.29) is 5.56 Å². The number of carbonyl (C=O) groups excluding carboxylic acids is 1. The van der Waals surface area contributed by atoms with E-state index in [9.17, 15) is 18.0 Å². The van der Waals surface area contributed by atoms with Gasteiger partial charge in [-0.05, 0) is 48.8 Å². The van der Waals surface area contributed by atoms with Crippen molar-refractivity contribution >= 4 is 29.3 Å². The fourth-order valence-electron chi connectivity index (χ4n) is 2.44. The number of amides is 1. The first-order valence-electron chi connectivity index (χ1n) is 7.56. The zero-order valence-electron chi connectivity index (χ0n) is 12.8. The summed E-state index contributed by atoms with van der Waals surface area (Å²) in [6.07, 6.45) is 2.45. The number of thiocarbonyl (C=S) groups is 1. The predicted octanol–water partition coefficient (Wildman–Crippen LogP) is 3.16. The smallest absolute Gasteiger partial charge is 0.359 e. The van der Waals surface area contributed by atoms with Crippen LogP contribution < -0.4 is 16.2 Å². The van der Waals surface area contributed by atoms with Gasteiger partial charge >= 0.3 is 6.18 Å². The molecule has 1 saturated carbocycles. The molecule has 0 aromatic heterocycles. The van der Waals surface area contributed by atoms with E-state index in [1.54, 1.807) is 0 Å². The number of benzene rings is 1. The molecule has 1 aliphatic rings. The van der Waals surface area contributed by atoms with Gasteiger partial charge in [-0.3, -0.25) is 15.6 Å². The van der Waals surface area contributed by atoms with Crippen molar-refractivity contribution in [3.8, 4) is 0 Å². The zero-order chi connectivity index (χ0) is 17.6. The molecule has 0 heterocycles. The van der Waals surface area contributed by atoms with Gasteiger partial charge in [0, 0.05) is 12.1 Å². The Morgan fingerprint density at radius 1 is 1.21 bits per heavy atom. The lowest BCUT2D eigenvalue weighted by molar-refractivity contribution is -0.137. The number of hydrogen-bond donors (Lipinski definition) is 3. The van der Waals surface area contributed by atoms with Crippen LogP contribution in [-0.4, -0.2) is 17.1 Å². The highest BCUT2D eigenvalue weighted by Gasteiger charge is 2.30. The van der Waals surface area contributed by atoms with Crippen LogP contribution in [0, 0.1) is 0 Å². The molecule has 0 saturated heterocycles. The molecule has 1 aromatic carbocycles. The molecule has 0 unspecified atom stereocenters. The summed E-state index contributed by atoms with van der Waals surface area (Å²) in [5.74, 6) is -0.511. The van der Waals surface area contributed by atoms with Crippen LogP contribution in [0.25, 0.3) is 6.08 Å². The SMILES string of the molecule is O=C(/C=C/c1cccc(C(F)(F)F)c1)NNC(=S)NC1CCCC1. The minimum atomic E-state index is -4.41. The van der Waals surface area contributed by atoms with Crippen LogP contribution in [-0.2, 0) is 11.0 Å². The second-order valence-electron chi connectivity index (χ2n) is 5.53. The highest BCUT2D eigenvalue weighted by atomic mass is 32.1. The van der Waals surface area contributed by atoms with Gasteiger partial charge in [-0.25, -0.2) is 0 Å². The molecule has 0 bridgehead atoms. The quantitative estimate of drug-likeness (QED) is 0.442. The number of hydrogen-bond acceptors (Lipinski definition) is 2. The average molecular weight is 357 g/mol. The maximum Gasteiger partial charge on any atom is 0.416 e. The lowest BCUT2D eigenvalue weighted by atomic mass is 10.1. The standard InChI is InChI=1S/C16H18F3N3OS/c17-16(18,19)12-5-3-4-11(10-12)8-9-14(23)21-22-15(24)20-13-6-1-2-7-13/h3-5,8-10,13H,1-2,6-7H2,(H,21,23)(H2,20,22,24)/b9-8+. The van der Waals surface area contributed by atoms with Gasteiger partial charge in [-0.2, -0.15) is 13.2 Å². The normalized spacial score (nSPS) is 15.5. The van der Waals surface area contributed by atoms with E-state index in [1.807, 2.05) is 0 Å². The molecular weight excluding hydrogens is 339 g/mol. The molecule has 24 heavy (non-hydrogen) atoms. The molecule has 2 rings (SSSR count). The van der Waals surface area contributed by atoms with E-state index in [4.69, 9.17) is 12.2 Å². The maximum absolute atomic E-state index is 12.6. The van der Waals surface area contributed by atoms with Gasteiger partial charge in [-0.15, -0.1) is 0 Å². The minimum Gasteiger partial charge on any atom is -0.359 e. The van der Waals surface area contributed by atoms with Crippen LogP contribution in [0.1, 0.15) is 36.8 Å². The van der Waals surface area contributed by atoms with E-state index in [1.165, 1.54) is 18.2 Å². The molecule has 3 N–H and O–H groups in total. The van der Waals surface area contributed by atoms with E-state index >= 15 is 0 Å². The van der Waals surface area contributed by atoms with Crippen LogP contribution in [0.5, 0.6) is 0 Å². The van der Waals surface area contributed by atoms with Crippen LogP contribution in [0.15, 0.2) is 30.3 Å².